The third-order valence-electron chi connectivity index (χ3n) is 6.16. The van der Waals surface area contributed by atoms with Crippen molar-refractivity contribution in [3.05, 3.63) is 60.9 Å². The Morgan fingerprint density at radius 3 is 2.08 bits per heavy atom. The highest BCUT2D eigenvalue weighted by Crippen LogP contribution is 2.26. The number of halogens is 2. The lowest BCUT2D eigenvalue weighted by Gasteiger charge is -2.18. The molecule has 0 radical (unpaired) electrons. The van der Waals surface area contributed by atoms with Gasteiger partial charge in [-0.2, -0.15) is 0 Å². The van der Waals surface area contributed by atoms with E-state index in [0.29, 0.717) is 37.4 Å². The summed E-state index contributed by atoms with van der Waals surface area (Å²) >= 11 is 0. The zero-order valence-electron chi connectivity index (χ0n) is 21.9. The summed E-state index contributed by atoms with van der Waals surface area (Å²) in [5, 5.41) is 0. The number of ether oxygens (including phenoxy) is 2. The maximum atomic E-state index is 14.5. The summed E-state index contributed by atoms with van der Waals surface area (Å²) in [5.74, 6) is 0.661. The lowest BCUT2D eigenvalue weighted by Crippen LogP contribution is -2.34. The van der Waals surface area contributed by atoms with Gasteiger partial charge in [0.2, 0.25) is 5.67 Å². The largest absolute Gasteiger partial charge is 0.493 e. The molecule has 0 saturated heterocycles. The first kappa shape index (κ1) is 28.2. The van der Waals surface area contributed by atoms with Crippen LogP contribution in [0.25, 0.3) is 22.5 Å². The Balaban J connectivity index is 1.55. The molecule has 0 amide bonds. The van der Waals surface area contributed by atoms with Crippen molar-refractivity contribution in [1.29, 1.82) is 0 Å². The van der Waals surface area contributed by atoms with Gasteiger partial charge in [-0.15, -0.1) is 0 Å². The highest BCUT2D eigenvalue weighted by Gasteiger charge is 2.34. The molecule has 0 aliphatic heterocycles. The predicted molar refractivity (Wildman–Crippen MR) is 142 cm³/mol. The number of unbranched alkanes of at least 4 members (excludes halogenated alkanes) is 2. The molecule has 3 rings (SSSR count). The van der Waals surface area contributed by atoms with Crippen LogP contribution in [0.15, 0.2) is 60.9 Å². The summed E-state index contributed by atoms with van der Waals surface area (Å²) in [5.41, 5.74) is 0.469. The molecule has 0 saturated carbocycles. The number of nitrogens with zero attached hydrogens (tertiary/aromatic N) is 2. The lowest BCUT2D eigenvalue weighted by atomic mass is 10.0. The number of hydrogen-bond acceptors (Lipinski definition) is 5. The molecule has 5 nitrogen and oxygen atoms in total. The third kappa shape index (κ3) is 8.62. The fourth-order valence-electron chi connectivity index (χ4n) is 3.74. The normalized spacial score (nSPS) is 13.5. The second-order valence-corrected chi connectivity index (χ2v) is 9.41. The van der Waals surface area contributed by atoms with E-state index in [0.717, 1.165) is 36.0 Å². The second-order valence-electron chi connectivity index (χ2n) is 9.41. The molecular formula is C30H36F2N2O3. The van der Waals surface area contributed by atoms with Gasteiger partial charge in [0, 0.05) is 29.9 Å². The highest BCUT2D eigenvalue weighted by atomic mass is 19.1. The van der Waals surface area contributed by atoms with E-state index in [9.17, 15) is 13.6 Å². The fraction of sp³-hybridized carbons (Fsp3) is 0.433. The lowest BCUT2D eigenvalue weighted by molar-refractivity contribution is -0.147. The first-order chi connectivity index (χ1) is 17.8. The average molecular weight is 511 g/mol. The fourth-order valence-corrected chi connectivity index (χ4v) is 3.74. The van der Waals surface area contributed by atoms with Crippen LogP contribution in [0.4, 0.5) is 8.78 Å². The number of rotatable bonds is 14. The first-order valence-corrected chi connectivity index (χ1v) is 13.0. The summed E-state index contributed by atoms with van der Waals surface area (Å²) in [6, 6.07) is 14.2. The van der Waals surface area contributed by atoms with Crippen molar-refractivity contribution in [2.75, 3.05) is 6.61 Å². The van der Waals surface area contributed by atoms with Crippen LogP contribution in [0.3, 0.4) is 0 Å². The van der Waals surface area contributed by atoms with Crippen molar-refractivity contribution in [2.45, 2.75) is 77.6 Å². The maximum absolute atomic E-state index is 14.5. The van der Waals surface area contributed by atoms with Gasteiger partial charge in [0.05, 0.1) is 6.61 Å². The van der Waals surface area contributed by atoms with E-state index in [4.69, 9.17) is 9.47 Å². The summed E-state index contributed by atoms with van der Waals surface area (Å²) in [4.78, 5) is 21.1. The molecule has 0 fully saturated rings. The van der Waals surface area contributed by atoms with Crippen molar-refractivity contribution in [3.8, 4) is 34.0 Å². The number of benzene rings is 2. The topological polar surface area (TPSA) is 61.3 Å². The van der Waals surface area contributed by atoms with Gasteiger partial charge in [0.15, 0.2) is 5.82 Å². The van der Waals surface area contributed by atoms with Crippen LogP contribution >= 0.6 is 0 Å². The van der Waals surface area contributed by atoms with Crippen LogP contribution in [-0.4, -0.2) is 34.4 Å². The number of esters is 1. The Kier molecular flexibility index (Phi) is 10.5. The van der Waals surface area contributed by atoms with Gasteiger partial charge in [0.1, 0.15) is 17.7 Å². The third-order valence-corrected chi connectivity index (χ3v) is 6.16. The maximum Gasteiger partial charge on any atom is 0.348 e. The second kappa shape index (κ2) is 13.8. The number of alkyl halides is 2. The van der Waals surface area contributed by atoms with Gasteiger partial charge < -0.3 is 9.47 Å². The van der Waals surface area contributed by atoms with Gasteiger partial charge in [-0.3, -0.25) is 0 Å². The molecule has 0 bridgehead atoms. The minimum absolute atomic E-state index is 0.137. The molecule has 2 aromatic carbocycles. The van der Waals surface area contributed by atoms with E-state index in [1.165, 1.54) is 6.92 Å². The van der Waals surface area contributed by atoms with Gasteiger partial charge in [-0.05, 0) is 68.1 Å². The van der Waals surface area contributed by atoms with Gasteiger partial charge >= 0.3 is 5.97 Å². The molecule has 3 aromatic rings. The van der Waals surface area contributed by atoms with Crippen molar-refractivity contribution in [1.82, 2.24) is 9.97 Å². The Labute approximate surface area is 218 Å². The molecule has 198 valence electrons. The Bertz CT molecular complexity index is 1100. The zero-order valence-corrected chi connectivity index (χ0v) is 21.9. The molecule has 7 heteroatoms. The van der Waals surface area contributed by atoms with Crippen LogP contribution in [0.1, 0.15) is 65.7 Å². The molecule has 0 aliphatic carbocycles. The molecule has 1 heterocycles. The summed E-state index contributed by atoms with van der Waals surface area (Å²) in [6.45, 7) is 5.61. The number of hydrogen-bond donors (Lipinski definition) is 0. The quantitative estimate of drug-likeness (QED) is 0.163. The van der Waals surface area contributed by atoms with Gasteiger partial charge in [-0.1, -0.05) is 45.2 Å². The van der Waals surface area contributed by atoms with Gasteiger partial charge in [0.25, 0.3) is 0 Å². The van der Waals surface area contributed by atoms with Crippen molar-refractivity contribution >= 4 is 5.97 Å². The SMILES string of the molecule is CCCC[C@H](F)CCOc1ccc(-c2ncc(-c3ccc(OC(=O)[C@@](C)(F)CCCC)cc3)cn2)cc1. The van der Waals surface area contributed by atoms with E-state index >= 15 is 0 Å². The predicted octanol–water partition coefficient (Wildman–Crippen LogP) is 7.93. The van der Waals surface area contributed by atoms with Crippen molar-refractivity contribution in [3.63, 3.8) is 0 Å². The zero-order chi connectivity index (χ0) is 26.7. The van der Waals surface area contributed by atoms with Crippen LogP contribution in [0.2, 0.25) is 0 Å². The number of carbonyl (C=O) groups excluding carboxylic acids is 1. The number of carbonyl (C=O) groups is 1. The monoisotopic (exact) mass is 510 g/mol. The summed E-state index contributed by atoms with van der Waals surface area (Å²) in [7, 11) is 0. The summed E-state index contributed by atoms with van der Waals surface area (Å²) < 4.78 is 39.2. The average Bonchev–Trinajstić information content (AvgIpc) is 2.91. The van der Waals surface area contributed by atoms with E-state index in [1.54, 1.807) is 36.7 Å². The van der Waals surface area contributed by atoms with Crippen LogP contribution in [-0.2, 0) is 4.79 Å². The van der Waals surface area contributed by atoms with E-state index in [1.807, 2.05) is 31.2 Å². The molecule has 37 heavy (non-hydrogen) atoms. The Morgan fingerprint density at radius 2 is 1.46 bits per heavy atom. The van der Waals surface area contributed by atoms with Crippen molar-refractivity contribution < 1.29 is 23.0 Å². The highest BCUT2D eigenvalue weighted by molar-refractivity contribution is 5.81. The van der Waals surface area contributed by atoms with Crippen LogP contribution < -0.4 is 9.47 Å². The smallest absolute Gasteiger partial charge is 0.348 e. The molecule has 0 unspecified atom stereocenters. The van der Waals surface area contributed by atoms with Gasteiger partial charge in [-0.25, -0.2) is 23.5 Å². The standard InChI is InChI=1S/C30H36F2N2O3/c1-4-6-8-25(31)17-19-36-26-13-11-23(12-14-26)28-33-20-24(21-34-28)22-9-15-27(16-10-22)37-29(35)30(3,32)18-7-5-2/h9-16,20-21,25H,4-8,17-19H2,1-3H3/t25-,30-/m0/s1. The molecule has 0 spiro atoms. The molecular weight excluding hydrogens is 474 g/mol. The minimum atomic E-state index is -2.01. The van der Waals surface area contributed by atoms with Crippen molar-refractivity contribution in [2.24, 2.45) is 0 Å². The Hall–Kier alpha value is -3.35. The Morgan fingerprint density at radius 1 is 0.865 bits per heavy atom. The summed E-state index contributed by atoms with van der Waals surface area (Å²) in [6.07, 6.45) is 7.05. The minimum Gasteiger partial charge on any atom is -0.493 e. The number of aromatic nitrogens is 2. The van der Waals surface area contributed by atoms with Crippen LogP contribution in [0.5, 0.6) is 11.5 Å². The molecule has 0 aliphatic rings. The van der Waals surface area contributed by atoms with E-state index in [2.05, 4.69) is 16.9 Å². The first-order valence-electron chi connectivity index (χ1n) is 13.0. The molecule has 1 aromatic heterocycles. The van der Waals surface area contributed by atoms with E-state index in [-0.39, 0.29) is 12.2 Å². The van der Waals surface area contributed by atoms with Crippen LogP contribution in [0, 0.1) is 0 Å². The molecule has 2 atom stereocenters. The van der Waals surface area contributed by atoms with E-state index < -0.39 is 17.8 Å². The molecule has 0 N–H and O–H groups in total.